The Hall–Kier alpha value is -2.67. The number of hydrogen-bond acceptors (Lipinski definition) is 6. The minimum atomic E-state index is 0.0296. The van der Waals surface area contributed by atoms with Crippen LogP contribution in [-0.2, 0) is 4.79 Å². The molecular weight excluding hydrogens is 340 g/mol. The number of nitrogen functional groups attached to an aromatic ring is 1. The van der Waals surface area contributed by atoms with E-state index in [1.165, 1.54) is 0 Å². The normalized spacial score (nSPS) is 16.1. The summed E-state index contributed by atoms with van der Waals surface area (Å²) in [6.07, 6.45) is 0.511. The fourth-order valence-electron chi connectivity index (χ4n) is 3.34. The van der Waals surface area contributed by atoms with Crippen LogP contribution in [0.3, 0.4) is 0 Å². The number of hydrogen-bond donors (Lipinski definition) is 2. The summed E-state index contributed by atoms with van der Waals surface area (Å²) in [4.78, 5) is 25.2. The number of piperazine rings is 1. The number of anilines is 2. The predicted octanol–water partition coefficient (Wildman–Crippen LogP) is 1.76. The van der Waals surface area contributed by atoms with Crippen LogP contribution in [0.5, 0.6) is 0 Å². The second-order valence-electron chi connectivity index (χ2n) is 7.00. The minimum absolute atomic E-state index is 0.0296. The van der Waals surface area contributed by atoms with Crippen LogP contribution >= 0.6 is 0 Å². The lowest BCUT2D eigenvalue weighted by atomic mass is 10.1. The summed E-state index contributed by atoms with van der Waals surface area (Å²) in [7, 11) is 0. The average molecular weight is 368 g/mol. The molecule has 1 aromatic carbocycles. The van der Waals surface area contributed by atoms with Gasteiger partial charge in [0, 0.05) is 50.9 Å². The van der Waals surface area contributed by atoms with Gasteiger partial charge in [-0.2, -0.15) is 4.98 Å². The number of benzene rings is 1. The van der Waals surface area contributed by atoms with Crippen LogP contribution in [0.4, 0.5) is 11.8 Å². The molecule has 0 aliphatic carbocycles. The van der Waals surface area contributed by atoms with E-state index >= 15 is 0 Å². The number of nitrogens with two attached hydrogens (primary N) is 1. The molecule has 0 saturated carbocycles. The van der Waals surface area contributed by atoms with Crippen molar-refractivity contribution in [2.75, 3.05) is 43.4 Å². The van der Waals surface area contributed by atoms with E-state index < -0.39 is 0 Å². The first kappa shape index (κ1) is 19.1. The van der Waals surface area contributed by atoms with Gasteiger partial charge in [0.25, 0.3) is 0 Å². The monoisotopic (exact) mass is 368 g/mol. The highest BCUT2D eigenvalue weighted by Gasteiger charge is 2.19. The van der Waals surface area contributed by atoms with E-state index in [2.05, 4.69) is 25.1 Å². The molecular formula is C20H28N6O. The van der Waals surface area contributed by atoms with Gasteiger partial charge >= 0.3 is 0 Å². The van der Waals surface area contributed by atoms with Crippen LogP contribution < -0.4 is 16.0 Å². The maximum atomic E-state index is 12.3. The Morgan fingerprint density at radius 3 is 2.56 bits per heavy atom. The molecule has 2 aromatic rings. The third-order valence-electron chi connectivity index (χ3n) is 4.89. The van der Waals surface area contributed by atoms with Crippen molar-refractivity contribution in [2.24, 2.45) is 0 Å². The van der Waals surface area contributed by atoms with E-state index in [0.29, 0.717) is 12.4 Å². The molecule has 3 rings (SSSR count). The zero-order valence-corrected chi connectivity index (χ0v) is 16.1. The zero-order chi connectivity index (χ0) is 19.2. The fourth-order valence-corrected chi connectivity index (χ4v) is 3.34. The van der Waals surface area contributed by atoms with Gasteiger partial charge in [0.15, 0.2) is 0 Å². The third kappa shape index (κ3) is 5.40. The van der Waals surface area contributed by atoms with Crippen molar-refractivity contribution in [1.29, 1.82) is 0 Å². The van der Waals surface area contributed by atoms with Crippen molar-refractivity contribution in [3.63, 3.8) is 0 Å². The molecule has 1 amide bonds. The summed E-state index contributed by atoms with van der Waals surface area (Å²) in [6, 6.07) is 12.0. The molecule has 0 unspecified atom stereocenters. The molecule has 1 saturated heterocycles. The average Bonchev–Trinajstić information content (AvgIpc) is 2.66. The van der Waals surface area contributed by atoms with Gasteiger partial charge in [-0.15, -0.1) is 0 Å². The SMILES string of the molecule is Cc1cc(N2CCN(CCC(=O)N[C@H](C)c3ccccc3)CC2)nc(N)n1. The molecule has 0 radical (unpaired) electrons. The molecule has 1 aliphatic rings. The van der Waals surface area contributed by atoms with Gasteiger partial charge in [-0.3, -0.25) is 9.69 Å². The molecule has 2 heterocycles. The lowest BCUT2D eigenvalue weighted by molar-refractivity contribution is -0.122. The van der Waals surface area contributed by atoms with Gasteiger partial charge in [-0.25, -0.2) is 4.98 Å². The Bertz CT molecular complexity index is 738. The maximum absolute atomic E-state index is 12.3. The van der Waals surface area contributed by atoms with Crippen molar-refractivity contribution >= 4 is 17.7 Å². The van der Waals surface area contributed by atoms with Crippen LogP contribution in [0, 0.1) is 6.92 Å². The van der Waals surface area contributed by atoms with Gasteiger partial charge in [0.05, 0.1) is 6.04 Å². The quantitative estimate of drug-likeness (QED) is 0.808. The predicted molar refractivity (Wildman–Crippen MR) is 107 cm³/mol. The summed E-state index contributed by atoms with van der Waals surface area (Å²) in [5, 5.41) is 3.08. The Balaban J connectivity index is 1.42. The van der Waals surface area contributed by atoms with E-state index in [4.69, 9.17) is 5.73 Å². The van der Waals surface area contributed by atoms with Crippen LogP contribution in [0.1, 0.15) is 30.6 Å². The van der Waals surface area contributed by atoms with Crippen LogP contribution in [0.2, 0.25) is 0 Å². The number of nitrogens with zero attached hydrogens (tertiary/aromatic N) is 4. The van der Waals surface area contributed by atoms with E-state index in [9.17, 15) is 4.79 Å². The fraction of sp³-hybridized carbons (Fsp3) is 0.450. The molecule has 7 heteroatoms. The molecule has 144 valence electrons. The van der Waals surface area contributed by atoms with Gasteiger partial charge in [0.2, 0.25) is 11.9 Å². The number of nitrogens with one attached hydrogen (secondary N) is 1. The molecule has 7 nitrogen and oxygen atoms in total. The Morgan fingerprint density at radius 1 is 1.19 bits per heavy atom. The van der Waals surface area contributed by atoms with Crippen molar-refractivity contribution in [1.82, 2.24) is 20.2 Å². The molecule has 1 atom stereocenters. The van der Waals surface area contributed by atoms with Gasteiger partial charge in [0.1, 0.15) is 5.82 Å². The molecule has 0 spiro atoms. The number of carbonyl (C=O) groups is 1. The van der Waals surface area contributed by atoms with Crippen molar-refractivity contribution in [3.05, 3.63) is 47.7 Å². The standard InChI is InChI=1S/C20H28N6O/c1-15-14-18(24-20(21)22-15)26-12-10-25(11-13-26)9-8-19(27)23-16(2)17-6-4-3-5-7-17/h3-7,14,16H,8-13H2,1-2H3,(H,23,27)(H2,21,22,24)/t16-/m1/s1. The first-order valence-electron chi connectivity index (χ1n) is 9.44. The van der Waals surface area contributed by atoms with Crippen molar-refractivity contribution in [3.8, 4) is 0 Å². The van der Waals surface area contributed by atoms with Gasteiger partial charge < -0.3 is 16.0 Å². The Kier molecular flexibility index (Phi) is 6.24. The van der Waals surface area contributed by atoms with Crippen molar-refractivity contribution in [2.45, 2.75) is 26.3 Å². The Morgan fingerprint density at radius 2 is 1.89 bits per heavy atom. The second kappa shape index (κ2) is 8.81. The number of rotatable bonds is 6. The second-order valence-corrected chi connectivity index (χ2v) is 7.00. The maximum Gasteiger partial charge on any atom is 0.222 e. The van der Waals surface area contributed by atoms with Gasteiger partial charge in [-0.1, -0.05) is 30.3 Å². The molecule has 27 heavy (non-hydrogen) atoms. The smallest absolute Gasteiger partial charge is 0.222 e. The molecule has 3 N–H and O–H groups in total. The first-order chi connectivity index (χ1) is 13.0. The Labute approximate surface area is 160 Å². The topological polar surface area (TPSA) is 87.4 Å². The lowest BCUT2D eigenvalue weighted by Gasteiger charge is -2.35. The highest BCUT2D eigenvalue weighted by Crippen LogP contribution is 2.16. The summed E-state index contributed by atoms with van der Waals surface area (Å²) in [5.41, 5.74) is 7.76. The molecule has 0 bridgehead atoms. The number of aromatic nitrogens is 2. The van der Waals surface area contributed by atoms with E-state index in [1.807, 2.05) is 50.2 Å². The highest BCUT2D eigenvalue weighted by molar-refractivity contribution is 5.76. The van der Waals surface area contributed by atoms with E-state index in [0.717, 1.165) is 49.8 Å². The molecule has 1 aliphatic heterocycles. The summed E-state index contributed by atoms with van der Waals surface area (Å²) in [5.74, 6) is 1.29. The van der Waals surface area contributed by atoms with Crippen molar-refractivity contribution < 1.29 is 4.79 Å². The summed E-state index contributed by atoms with van der Waals surface area (Å²) < 4.78 is 0. The first-order valence-corrected chi connectivity index (χ1v) is 9.44. The highest BCUT2D eigenvalue weighted by atomic mass is 16.1. The molecule has 1 fully saturated rings. The van der Waals surface area contributed by atoms with Gasteiger partial charge in [-0.05, 0) is 19.4 Å². The van der Waals surface area contributed by atoms with Crippen LogP contribution in [0.25, 0.3) is 0 Å². The van der Waals surface area contributed by atoms with E-state index in [1.54, 1.807) is 0 Å². The lowest BCUT2D eigenvalue weighted by Crippen LogP contribution is -2.47. The van der Waals surface area contributed by atoms with Crippen LogP contribution in [0.15, 0.2) is 36.4 Å². The summed E-state index contributed by atoms with van der Waals surface area (Å²) >= 11 is 0. The minimum Gasteiger partial charge on any atom is -0.368 e. The van der Waals surface area contributed by atoms with Crippen LogP contribution in [-0.4, -0.2) is 53.5 Å². The molecule has 1 aromatic heterocycles. The number of amides is 1. The number of aryl methyl sites for hydroxylation is 1. The largest absolute Gasteiger partial charge is 0.368 e. The zero-order valence-electron chi connectivity index (χ0n) is 16.1. The summed E-state index contributed by atoms with van der Waals surface area (Å²) in [6.45, 7) is 8.27. The third-order valence-corrected chi connectivity index (χ3v) is 4.89. The van der Waals surface area contributed by atoms with E-state index in [-0.39, 0.29) is 11.9 Å². The number of carbonyl (C=O) groups excluding carboxylic acids is 1.